The Hall–Kier alpha value is -1.55. The average molecular weight is 285 g/mol. The van der Waals surface area contributed by atoms with Crippen LogP contribution in [-0.4, -0.2) is 33.3 Å². The average Bonchev–Trinajstić information content (AvgIpc) is 2.84. The molecule has 2 aliphatic rings. The fraction of sp³-hybridized carbons (Fsp3) is 0.588. The van der Waals surface area contributed by atoms with Crippen molar-refractivity contribution in [2.24, 2.45) is 13.0 Å². The number of para-hydroxylation sites is 2. The van der Waals surface area contributed by atoms with Crippen molar-refractivity contribution < 1.29 is 5.11 Å². The number of aliphatic hydroxyl groups is 1. The maximum absolute atomic E-state index is 10.8. The Kier molecular flexibility index (Phi) is 2.96. The zero-order valence-corrected chi connectivity index (χ0v) is 12.6. The number of anilines is 1. The van der Waals surface area contributed by atoms with Crippen molar-refractivity contribution >= 4 is 17.0 Å². The van der Waals surface area contributed by atoms with Gasteiger partial charge in [0.05, 0.1) is 16.6 Å². The van der Waals surface area contributed by atoms with Crippen LogP contribution in [0.1, 0.15) is 32.1 Å². The smallest absolute Gasteiger partial charge is 0.206 e. The molecule has 1 aromatic heterocycles. The van der Waals surface area contributed by atoms with E-state index < -0.39 is 5.60 Å². The summed E-state index contributed by atoms with van der Waals surface area (Å²) in [5.74, 6) is 1.45. The van der Waals surface area contributed by atoms with Gasteiger partial charge in [0.1, 0.15) is 0 Å². The molecule has 0 spiro atoms. The molecule has 2 heterocycles. The van der Waals surface area contributed by atoms with Crippen molar-refractivity contribution in [1.29, 1.82) is 0 Å². The Bertz CT molecular complexity index is 665. The van der Waals surface area contributed by atoms with Gasteiger partial charge in [0.25, 0.3) is 0 Å². The van der Waals surface area contributed by atoms with Gasteiger partial charge < -0.3 is 14.6 Å². The third kappa shape index (κ3) is 2.04. The summed E-state index contributed by atoms with van der Waals surface area (Å²) in [5, 5.41) is 10.8. The van der Waals surface area contributed by atoms with E-state index in [4.69, 9.17) is 4.98 Å². The molecule has 0 radical (unpaired) electrons. The quantitative estimate of drug-likeness (QED) is 0.876. The predicted octanol–water partition coefficient (Wildman–Crippen LogP) is 2.70. The molecule has 1 aliphatic heterocycles. The summed E-state index contributed by atoms with van der Waals surface area (Å²) in [5.41, 5.74) is 1.82. The minimum atomic E-state index is -0.417. The Morgan fingerprint density at radius 1 is 1.24 bits per heavy atom. The highest BCUT2D eigenvalue weighted by molar-refractivity contribution is 5.78. The van der Waals surface area contributed by atoms with Crippen LogP contribution in [0.4, 0.5) is 5.95 Å². The van der Waals surface area contributed by atoms with Crippen LogP contribution in [-0.2, 0) is 7.05 Å². The second-order valence-electron chi connectivity index (χ2n) is 6.70. The van der Waals surface area contributed by atoms with Gasteiger partial charge in [0.15, 0.2) is 0 Å². The number of rotatable bonds is 1. The van der Waals surface area contributed by atoms with E-state index in [9.17, 15) is 5.11 Å². The summed E-state index contributed by atoms with van der Waals surface area (Å²) in [6.45, 7) is 1.85. The van der Waals surface area contributed by atoms with Gasteiger partial charge in [-0.15, -0.1) is 0 Å². The normalized spacial score (nSPS) is 29.6. The maximum Gasteiger partial charge on any atom is 0.206 e. The molecule has 2 unspecified atom stereocenters. The highest BCUT2D eigenvalue weighted by atomic mass is 16.3. The second kappa shape index (κ2) is 4.73. The zero-order chi connectivity index (χ0) is 14.4. The van der Waals surface area contributed by atoms with Gasteiger partial charge in [0.2, 0.25) is 5.95 Å². The zero-order valence-electron chi connectivity index (χ0n) is 12.6. The van der Waals surface area contributed by atoms with Crippen LogP contribution in [0.5, 0.6) is 0 Å². The molecular weight excluding hydrogens is 262 g/mol. The number of piperidine rings is 1. The maximum atomic E-state index is 10.8. The molecule has 1 N–H and O–H groups in total. The third-order valence-electron chi connectivity index (χ3n) is 5.47. The van der Waals surface area contributed by atoms with Crippen molar-refractivity contribution in [1.82, 2.24) is 9.55 Å². The first-order chi connectivity index (χ1) is 10.2. The molecule has 112 valence electrons. The number of nitrogens with zero attached hydrogens (tertiary/aromatic N) is 3. The molecule has 1 aromatic carbocycles. The number of imidazole rings is 1. The van der Waals surface area contributed by atoms with Crippen LogP contribution in [0.25, 0.3) is 11.0 Å². The summed E-state index contributed by atoms with van der Waals surface area (Å²) >= 11 is 0. The van der Waals surface area contributed by atoms with Gasteiger partial charge >= 0.3 is 0 Å². The first-order valence-corrected chi connectivity index (χ1v) is 8.06. The fourth-order valence-corrected chi connectivity index (χ4v) is 4.17. The van der Waals surface area contributed by atoms with Crippen molar-refractivity contribution in [2.75, 3.05) is 18.0 Å². The summed E-state index contributed by atoms with van der Waals surface area (Å²) in [6.07, 6.45) is 5.44. The monoisotopic (exact) mass is 285 g/mol. The summed E-state index contributed by atoms with van der Waals surface area (Å²) in [4.78, 5) is 7.17. The molecule has 0 amide bonds. The fourth-order valence-electron chi connectivity index (χ4n) is 4.17. The Morgan fingerprint density at radius 3 is 2.95 bits per heavy atom. The first kappa shape index (κ1) is 13.1. The van der Waals surface area contributed by atoms with Gasteiger partial charge in [-0.1, -0.05) is 25.0 Å². The molecule has 1 saturated carbocycles. The van der Waals surface area contributed by atoms with E-state index in [1.165, 1.54) is 18.4 Å². The number of hydrogen-bond donors (Lipinski definition) is 1. The minimum absolute atomic E-state index is 0.403. The Balaban J connectivity index is 1.66. The number of fused-ring (bicyclic) bond motifs is 2. The van der Waals surface area contributed by atoms with Crippen molar-refractivity contribution in [3.63, 3.8) is 0 Å². The third-order valence-corrected chi connectivity index (χ3v) is 5.47. The lowest BCUT2D eigenvalue weighted by atomic mass is 9.71. The number of hydrogen-bond acceptors (Lipinski definition) is 3. The van der Waals surface area contributed by atoms with E-state index in [1.807, 2.05) is 6.07 Å². The van der Waals surface area contributed by atoms with Crippen molar-refractivity contribution in [2.45, 2.75) is 37.7 Å². The molecule has 4 rings (SSSR count). The Morgan fingerprint density at radius 2 is 2.10 bits per heavy atom. The molecule has 2 atom stereocenters. The van der Waals surface area contributed by atoms with E-state index >= 15 is 0 Å². The molecular formula is C17H23N3O. The van der Waals surface area contributed by atoms with Crippen molar-refractivity contribution in [3.05, 3.63) is 24.3 Å². The van der Waals surface area contributed by atoms with E-state index in [0.29, 0.717) is 5.92 Å². The van der Waals surface area contributed by atoms with E-state index in [-0.39, 0.29) is 0 Å². The van der Waals surface area contributed by atoms with E-state index in [1.54, 1.807) is 0 Å². The standard InChI is InChI=1S/C17H23N3O/c1-19-15-8-3-2-7-14(15)18-16(19)20-11-10-17(21)9-5-4-6-13(17)12-20/h2-3,7-8,13,21H,4-6,9-12H2,1H3. The summed E-state index contributed by atoms with van der Waals surface area (Å²) < 4.78 is 2.18. The van der Waals surface area contributed by atoms with Crippen LogP contribution in [0.15, 0.2) is 24.3 Å². The van der Waals surface area contributed by atoms with Gasteiger partial charge in [-0.2, -0.15) is 0 Å². The lowest BCUT2D eigenvalue weighted by Crippen LogP contribution is -2.53. The molecule has 21 heavy (non-hydrogen) atoms. The van der Waals surface area contributed by atoms with Gasteiger partial charge in [0, 0.05) is 26.1 Å². The summed E-state index contributed by atoms with van der Waals surface area (Å²) in [6, 6.07) is 8.28. The second-order valence-corrected chi connectivity index (χ2v) is 6.70. The molecule has 1 aliphatic carbocycles. The molecule has 0 bridgehead atoms. The highest BCUT2D eigenvalue weighted by Gasteiger charge is 2.43. The Labute approximate surface area is 125 Å². The van der Waals surface area contributed by atoms with E-state index in [2.05, 4.69) is 34.7 Å². The van der Waals surface area contributed by atoms with Gasteiger partial charge in [-0.25, -0.2) is 4.98 Å². The van der Waals surface area contributed by atoms with Gasteiger partial charge in [-0.3, -0.25) is 0 Å². The number of aromatic nitrogens is 2. The number of aryl methyl sites for hydroxylation is 1. The lowest BCUT2D eigenvalue weighted by Gasteiger charge is -2.47. The highest BCUT2D eigenvalue weighted by Crippen LogP contribution is 2.40. The summed E-state index contributed by atoms with van der Waals surface area (Å²) in [7, 11) is 2.09. The molecule has 4 heteroatoms. The topological polar surface area (TPSA) is 41.3 Å². The molecule has 2 aromatic rings. The van der Waals surface area contributed by atoms with Gasteiger partial charge in [-0.05, 0) is 31.4 Å². The lowest BCUT2D eigenvalue weighted by molar-refractivity contribution is -0.0615. The van der Waals surface area contributed by atoms with Crippen LogP contribution in [0.2, 0.25) is 0 Å². The van der Waals surface area contributed by atoms with Crippen molar-refractivity contribution in [3.8, 4) is 0 Å². The molecule has 4 nitrogen and oxygen atoms in total. The SMILES string of the molecule is Cn1c(N2CCC3(O)CCCCC3C2)nc2ccccc21. The van der Waals surface area contributed by atoms with Crippen LogP contribution >= 0.6 is 0 Å². The minimum Gasteiger partial charge on any atom is -0.389 e. The largest absolute Gasteiger partial charge is 0.389 e. The van der Waals surface area contributed by atoms with E-state index in [0.717, 1.165) is 43.8 Å². The van der Waals surface area contributed by atoms with Crippen LogP contribution in [0.3, 0.4) is 0 Å². The first-order valence-electron chi connectivity index (χ1n) is 8.06. The van der Waals surface area contributed by atoms with Crippen LogP contribution < -0.4 is 4.90 Å². The molecule has 1 saturated heterocycles. The number of benzene rings is 1. The molecule has 2 fully saturated rings. The predicted molar refractivity (Wildman–Crippen MR) is 84.5 cm³/mol. The van der Waals surface area contributed by atoms with Crippen LogP contribution in [0, 0.1) is 5.92 Å².